The molecule has 3 aromatic rings. The van der Waals surface area contributed by atoms with Gasteiger partial charge in [0.15, 0.2) is 15.9 Å². The molecule has 3 nitrogen and oxygen atoms in total. The summed E-state index contributed by atoms with van der Waals surface area (Å²) in [5, 5.41) is 2.04. The highest BCUT2D eigenvalue weighted by molar-refractivity contribution is 7.15. The third-order valence-corrected chi connectivity index (χ3v) is 3.89. The van der Waals surface area contributed by atoms with Crippen LogP contribution in [0.5, 0.6) is 0 Å². The van der Waals surface area contributed by atoms with Crippen LogP contribution in [0.1, 0.15) is 16.1 Å². The molecule has 0 bridgehead atoms. The number of nitrogens with zero attached hydrogens (tertiary/aromatic N) is 2. The average molecular weight is 325 g/mol. The van der Waals surface area contributed by atoms with E-state index in [2.05, 4.69) is 4.98 Å². The molecular formula is C14H7ClF2N2OS. The molecule has 0 N–H and O–H groups in total. The highest BCUT2D eigenvalue weighted by Gasteiger charge is 2.15. The van der Waals surface area contributed by atoms with Gasteiger partial charge in [0.25, 0.3) is 0 Å². The summed E-state index contributed by atoms with van der Waals surface area (Å²) in [5.41, 5.74) is -0.103. The van der Waals surface area contributed by atoms with E-state index in [-0.39, 0.29) is 5.15 Å². The summed E-state index contributed by atoms with van der Waals surface area (Å²) in [5.74, 6) is -2.57. The van der Waals surface area contributed by atoms with Gasteiger partial charge in [0.1, 0.15) is 11.6 Å². The fourth-order valence-electron chi connectivity index (χ4n) is 1.90. The van der Waals surface area contributed by atoms with E-state index in [0.29, 0.717) is 10.7 Å². The maximum Gasteiger partial charge on any atom is 0.195 e. The molecule has 1 aromatic carbocycles. The average Bonchev–Trinajstić information content (AvgIpc) is 2.97. The lowest BCUT2D eigenvalue weighted by Gasteiger charge is -2.00. The SMILES string of the molecule is O=C(/C=C/c1c(Cl)nc2sccn12)c1c(F)cccc1F. The van der Waals surface area contributed by atoms with Gasteiger partial charge in [-0.25, -0.2) is 13.8 Å². The highest BCUT2D eigenvalue weighted by atomic mass is 35.5. The summed E-state index contributed by atoms with van der Waals surface area (Å²) >= 11 is 7.35. The summed E-state index contributed by atoms with van der Waals surface area (Å²) in [6.07, 6.45) is 4.21. The molecule has 0 amide bonds. The standard InChI is InChI=1S/C14H7ClF2N2OS/c15-13-10(19-6-7-21-14(19)18-13)4-5-11(20)12-8(16)2-1-3-9(12)17/h1-7H/b5-4+. The fourth-order valence-corrected chi connectivity index (χ4v) is 2.90. The van der Waals surface area contributed by atoms with Crippen molar-refractivity contribution in [2.45, 2.75) is 0 Å². The van der Waals surface area contributed by atoms with Crippen LogP contribution in [0.4, 0.5) is 8.78 Å². The van der Waals surface area contributed by atoms with Crippen LogP contribution in [0, 0.1) is 11.6 Å². The number of hydrogen-bond donors (Lipinski definition) is 0. The predicted octanol–water partition coefficient (Wildman–Crippen LogP) is 4.22. The Kier molecular flexibility index (Phi) is 3.57. The van der Waals surface area contributed by atoms with Crippen molar-refractivity contribution < 1.29 is 13.6 Å². The van der Waals surface area contributed by atoms with Crippen molar-refractivity contribution in [2.24, 2.45) is 0 Å². The lowest BCUT2D eigenvalue weighted by atomic mass is 10.1. The van der Waals surface area contributed by atoms with Crippen LogP contribution >= 0.6 is 22.9 Å². The number of imidazole rings is 1. The molecule has 0 aliphatic carbocycles. The van der Waals surface area contributed by atoms with Crippen molar-refractivity contribution in [3.05, 3.63) is 63.9 Å². The van der Waals surface area contributed by atoms with Gasteiger partial charge >= 0.3 is 0 Å². The van der Waals surface area contributed by atoms with Crippen LogP contribution in [-0.2, 0) is 0 Å². The largest absolute Gasteiger partial charge is 0.289 e. The molecule has 7 heteroatoms. The maximum atomic E-state index is 13.5. The Hall–Kier alpha value is -2.05. The monoisotopic (exact) mass is 324 g/mol. The number of aromatic nitrogens is 2. The third kappa shape index (κ3) is 2.48. The zero-order valence-electron chi connectivity index (χ0n) is 10.4. The fraction of sp³-hybridized carbons (Fsp3) is 0. The van der Waals surface area contributed by atoms with E-state index in [1.165, 1.54) is 23.5 Å². The number of carbonyl (C=O) groups is 1. The van der Waals surface area contributed by atoms with Crippen molar-refractivity contribution >= 4 is 39.8 Å². The lowest BCUT2D eigenvalue weighted by Crippen LogP contribution is -2.02. The minimum Gasteiger partial charge on any atom is -0.289 e. The van der Waals surface area contributed by atoms with E-state index in [9.17, 15) is 13.6 Å². The highest BCUT2D eigenvalue weighted by Crippen LogP contribution is 2.23. The number of rotatable bonds is 3. The summed E-state index contributed by atoms with van der Waals surface area (Å²) < 4.78 is 28.7. The molecule has 0 saturated carbocycles. The number of fused-ring (bicyclic) bond motifs is 1. The van der Waals surface area contributed by atoms with E-state index < -0.39 is 23.0 Å². The Labute approximate surface area is 127 Å². The first-order chi connectivity index (χ1) is 10.1. The Bertz CT molecular complexity index is 849. The quantitative estimate of drug-likeness (QED) is 0.534. The number of hydrogen-bond acceptors (Lipinski definition) is 3. The van der Waals surface area contributed by atoms with Gasteiger partial charge in [-0.1, -0.05) is 17.7 Å². The van der Waals surface area contributed by atoms with Crippen molar-refractivity contribution in [1.82, 2.24) is 9.38 Å². The number of carbonyl (C=O) groups excluding carboxylic acids is 1. The van der Waals surface area contributed by atoms with Crippen molar-refractivity contribution in [1.29, 1.82) is 0 Å². The van der Waals surface area contributed by atoms with E-state index >= 15 is 0 Å². The van der Waals surface area contributed by atoms with Crippen molar-refractivity contribution in [2.75, 3.05) is 0 Å². The van der Waals surface area contributed by atoms with Crippen LogP contribution in [0.3, 0.4) is 0 Å². The Morgan fingerprint density at radius 1 is 1.33 bits per heavy atom. The van der Waals surface area contributed by atoms with Gasteiger partial charge < -0.3 is 0 Å². The van der Waals surface area contributed by atoms with Crippen molar-refractivity contribution in [3.63, 3.8) is 0 Å². The van der Waals surface area contributed by atoms with Gasteiger partial charge in [-0.05, 0) is 24.3 Å². The summed E-state index contributed by atoms with van der Waals surface area (Å²) in [6.45, 7) is 0. The van der Waals surface area contributed by atoms with Gasteiger partial charge in [-0.2, -0.15) is 0 Å². The molecule has 3 rings (SSSR count). The number of allylic oxidation sites excluding steroid dienone is 1. The first kappa shape index (κ1) is 13.9. The molecule has 21 heavy (non-hydrogen) atoms. The molecule has 106 valence electrons. The number of thiazole rings is 1. The van der Waals surface area contributed by atoms with Crippen molar-refractivity contribution in [3.8, 4) is 0 Å². The summed E-state index contributed by atoms with van der Waals surface area (Å²) in [6, 6.07) is 3.27. The molecule has 2 aromatic heterocycles. The Morgan fingerprint density at radius 3 is 2.76 bits per heavy atom. The normalized spacial score (nSPS) is 11.6. The minimum absolute atomic E-state index is 0.222. The van der Waals surface area contributed by atoms with Crippen LogP contribution in [0.15, 0.2) is 35.9 Å². The first-order valence-corrected chi connectivity index (χ1v) is 7.11. The summed E-state index contributed by atoms with van der Waals surface area (Å²) in [7, 11) is 0. The van der Waals surface area contributed by atoms with Gasteiger partial charge in [0.2, 0.25) is 0 Å². The molecule has 0 radical (unpaired) electrons. The van der Waals surface area contributed by atoms with Gasteiger partial charge in [-0.3, -0.25) is 9.20 Å². The van der Waals surface area contributed by atoms with Gasteiger partial charge in [0.05, 0.1) is 11.3 Å². The lowest BCUT2D eigenvalue weighted by molar-refractivity contribution is 0.104. The van der Waals surface area contributed by atoms with E-state index in [1.54, 1.807) is 10.6 Å². The minimum atomic E-state index is -0.898. The zero-order chi connectivity index (χ0) is 15.0. The molecular weight excluding hydrogens is 318 g/mol. The number of benzene rings is 1. The van der Waals surface area contributed by atoms with Gasteiger partial charge in [-0.15, -0.1) is 11.3 Å². The van der Waals surface area contributed by atoms with Crippen LogP contribution in [0.25, 0.3) is 11.0 Å². The maximum absolute atomic E-state index is 13.5. The van der Waals surface area contributed by atoms with Crippen LogP contribution in [-0.4, -0.2) is 15.2 Å². The molecule has 0 atom stereocenters. The second-order valence-electron chi connectivity index (χ2n) is 4.14. The predicted molar refractivity (Wildman–Crippen MR) is 77.8 cm³/mol. The second-order valence-corrected chi connectivity index (χ2v) is 5.37. The molecule has 0 saturated heterocycles. The van der Waals surface area contributed by atoms with E-state index in [1.807, 2.05) is 5.38 Å². The first-order valence-electron chi connectivity index (χ1n) is 5.85. The Morgan fingerprint density at radius 2 is 2.05 bits per heavy atom. The van der Waals surface area contributed by atoms with Crippen LogP contribution < -0.4 is 0 Å². The topological polar surface area (TPSA) is 34.4 Å². The van der Waals surface area contributed by atoms with Crippen LogP contribution in [0.2, 0.25) is 5.15 Å². The third-order valence-electron chi connectivity index (χ3n) is 2.86. The second kappa shape index (κ2) is 5.38. The summed E-state index contributed by atoms with van der Waals surface area (Å²) in [4.78, 5) is 16.7. The molecule has 0 unspecified atom stereocenters. The van der Waals surface area contributed by atoms with E-state index in [4.69, 9.17) is 11.6 Å². The van der Waals surface area contributed by atoms with E-state index in [0.717, 1.165) is 18.2 Å². The molecule has 0 aliphatic rings. The zero-order valence-corrected chi connectivity index (χ0v) is 12.0. The Balaban J connectivity index is 1.98. The number of halogens is 3. The molecule has 0 spiro atoms. The molecule has 0 aliphatic heterocycles. The smallest absolute Gasteiger partial charge is 0.195 e. The molecule has 0 fully saturated rings. The molecule has 2 heterocycles. The number of ketones is 1. The van der Waals surface area contributed by atoms with Gasteiger partial charge in [0, 0.05) is 11.6 Å².